The van der Waals surface area contributed by atoms with Gasteiger partial charge < -0.3 is 25.1 Å². The van der Waals surface area contributed by atoms with E-state index in [0.717, 1.165) is 0 Å². The molecule has 0 bridgehead atoms. The number of aliphatic hydroxyl groups excluding tert-OH is 2. The Morgan fingerprint density at radius 1 is 1.00 bits per heavy atom. The lowest BCUT2D eigenvalue weighted by atomic mass is 9.97. The van der Waals surface area contributed by atoms with Crippen LogP contribution in [-0.4, -0.2) is 75.5 Å². The number of aliphatic carboxylic acids is 1. The van der Waals surface area contributed by atoms with Crippen LogP contribution in [0.15, 0.2) is 0 Å². The molecule has 2 atom stereocenters. The largest absolute Gasteiger partial charge is 0.481 e. The molecule has 0 spiro atoms. The summed E-state index contributed by atoms with van der Waals surface area (Å²) in [6, 6.07) is -0.234. The first-order valence-corrected chi connectivity index (χ1v) is 5.59. The summed E-state index contributed by atoms with van der Waals surface area (Å²) in [6.45, 7) is 1.15. The third-order valence-corrected chi connectivity index (χ3v) is 3.22. The summed E-state index contributed by atoms with van der Waals surface area (Å²) < 4.78 is 0. The van der Waals surface area contributed by atoms with Crippen LogP contribution in [0.4, 0.5) is 4.79 Å². The molecule has 17 heavy (non-hydrogen) atoms. The lowest BCUT2D eigenvalue weighted by molar-refractivity contribution is -0.139. The molecule has 2 aliphatic rings. The number of hydrogen-bond acceptors (Lipinski definition) is 4. The van der Waals surface area contributed by atoms with Crippen LogP contribution in [0.1, 0.15) is 6.42 Å². The van der Waals surface area contributed by atoms with Gasteiger partial charge in [0.05, 0.1) is 31.7 Å². The molecule has 7 nitrogen and oxygen atoms in total. The van der Waals surface area contributed by atoms with Crippen LogP contribution in [0.25, 0.3) is 0 Å². The van der Waals surface area contributed by atoms with Crippen LogP contribution >= 0.6 is 0 Å². The molecule has 3 N–H and O–H groups in total. The van der Waals surface area contributed by atoms with Crippen molar-refractivity contribution in [3.05, 3.63) is 0 Å². The normalized spacial score (nSPS) is 29.3. The van der Waals surface area contributed by atoms with Crippen LogP contribution in [0.2, 0.25) is 0 Å². The van der Waals surface area contributed by atoms with Crippen LogP contribution in [-0.2, 0) is 4.79 Å². The first kappa shape index (κ1) is 12.1. The maximum absolute atomic E-state index is 11.8. The van der Waals surface area contributed by atoms with Crippen molar-refractivity contribution in [2.45, 2.75) is 18.6 Å². The monoisotopic (exact) mass is 244 g/mol. The summed E-state index contributed by atoms with van der Waals surface area (Å²) >= 11 is 0. The first-order chi connectivity index (χ1) is 7.97. The number of amides is 2. The summed E-state index contributed by atoms with van der Waals surface area (Å²) in [6.07, 6.45) is -1.68. The molecular weight excluding hydrogens is 228 g/mol. The van der Waals surface area contributed by atoms with Gasteiger partial charge in [-0.25, -0.2) is 4.79 Å². The number of hydrogen-bond donors (Lipinski definition) is 3. The van der Waals surface area contributed by atoms with Gasteiger partial charge in [-0.1, -0.05) is 0 Å². The summed E-state index contributed by atoms with van der Waals surface area (Å²) in [5.41, 5.74) is 0. The van der Waals surface area contributed by atoms with Crippen molar-refractivity contribution in [3.63, 3.8) is 0 Å². The van der Waals surface area contributed by atoms with Gasteiger partial charge in [-0.3, -0.25) is 4.79 Å². The van der Waals surface area contributed by atoms with Crippen molar-refractivity contribution in [2.75, 3.05) is 26.2 Å². The molecule has 2 saturated heterocycles. The zero-order chi connectivity index (χ0) is 12.6. The maximum Gasteiger partial charge on any atom is 0.320 e. The lowest BCUT2D eigenvalue weighted by Gasteiger charge is -2.40. The van der Waals surface area contributed by atoms with Crippen molar-refractivity contribution >= 4 is 12.0 Å². The van der Waals surface area contributed by atoms with Gasteiger partial charge in [-0.2, -0.15) is 0 Å². The highest BCUT2D eigenvalue weighted by atomic mass is 16.4. The molecule has 0 aromatic heterocycles. The van der Waals surface area contributed by atoms with Gasteiger partial charge in [0.15, 0.2) is 0 Å². The predicted molar refractivity (Wildman–Crippen MR) is 56.3 cm³/mol. The van der Waals surface area contributed by atoms with E-state index in [9.17, 15) is 19.8 Å². The van der Waals surface area contributed by atoms with E-state index in [1.807, 2.05) is 0 Å². The molecule has 2 rings (SSSR count). The Bertz CT molecular complexity index is 319. The van der Waals surface area contributed by atoms with E-state index in [0.29, 0.717) is 13.1 Å². The Kier molecular flexibility index (Phi) is 3.21. The van der Waals surface area contributed by atoms with E-state index < -0.39 is 18.2 Å². The van der Waals surface area contributed by atoms with Gasteiger partial charge in [0.1, 0.15) is 0 Å². The highest BCUT2D eigenvalue weighted by molar-refractivity contribution is 5.76. The molecule has 96 valence electrons. The Balaban J connectivity index is 1.78. The number of carboxylic acids is 1. The van der Waals surface area contributed by atoms with Crippen LogP contribution in [0.3, 0.4) is 0 Å². The van der Waals surface area contributed by atoms with Gasteiger partial charge in [-0.15, -0.1) is 0 Å². The fourth-order valence-corrected chi connectivity index (χ4v) is 2.23. The standard InChI is InChI=1S/C10H16N2O5/c13-7-4-12(5-8(7)14)10(17)11-2-6(3-11)1-9(15)16/h6-8,13-14H,1-5H2,(H,15,16). The fourth-order valence-electron chi connectivity index (χ4n) is 2.23. The molecule has 2 amide bonds. The first-order valence-electron chi connectivity index (χ1n) is 5.59. The van der Waals surface area contributed by atoms with E-state index in [1.54, 1.807) is 4.90 Å². The van der Waals surface area contributed by atoms with Gasteiger partial charge in [0.2, 0.25) is 0 Å². The number of rotatable bonds is 2. The number of aliphatic hydroxyl groups is 2. The molecule has 2 heterocycles. The van der Waals surface area contributed by atoms with Crippen LogP contribution < -0.4 is 0 Å². The molecule has 2 aliphatic heterocycles. The van der Waals surface area contributed by atoms with Crippen molar-refractivity contribution in [3.8, 4) is 0 Å². The predicted octanol–water partition coefficient (Wildman–Crippen LogP) is -1.45. The molecule has 7 heteroatoms. The molecule has 2 unspecified atom stereocenters. The summed E-state index contributed by atoms with van der Waals surface area (Å²) in [7, 11) is 0. The second-order valence-electron chi connectivity index (χ2n) is 4.69. The number of likely N-dealkylation sites (tertiary alicyclic amines) is 2. The van der Waals surface area contributed by atoms with Crippen LogP contribution in [0.5, 0.6) is 0 Å². The molecular formula is C10H16N2O5. The number of urea groups is 1. The van der Waals surface area contributed by atoms with Crippen molar-refractivity contribution in [1.29, 1.82) is 0 Å². The minimum atomic E-state index is -0.880. The maximum atomic E-state index is 11.8. The van der Waals surface area contributed by atoms with E-state index in [1.165, 1.54) is 4.90 Å². The minimum Gasteiger partial charge on any atom is -0.481 e. The van der Waals surface area contributed by atoms with Gasteiger partial charge in [-0.05, 0) is 0 Å². The third kappa shape index (κ3) is 2.50. The molecule has 0 aliphatic carbocycles. The Hall–Kier alpha value is -1.34. The van der Waals surface area contributed by atoms with Crippen molar-refractivity contribution < 1.29 is 24.9 Å². The molecule has 0 radical (unpaired) electrons. The molecule has 2 fully saturated rings. The topological polar surface area (TPSA) is 101 Å². The summed E-state index contributed by atoms with van der Waals surface area (Å²) in [5, 5.41) is 27.2. The number of nitrogens with zero attached hydrogens (tertiary/aromatic N) is 2. The van der Waals surface area contributed by atoms with E-state index in [-0.39, 0.29) is 31.5 Å². The minimum absolute atomic E-state index is 0.0221. The van der Waals surface area contributed by atoms with E-state index >= 15 is 0 Å². The zero-order valence-corrected chi connectivity index (χ0v) is 9.32. The number of β-amino-alcohol motifs (C(OH)–C–C–N with tert-alkyl or cyclic N) is 2. The average molecular weight is 244 g/mol. The molecule has 0 saturated carbocycles. The highest BCUT2D eigenvalue weighted by Crippen LogP contribution is 2.22. The van der Waals surface area contributed by atoms with Crippen molar-refractivity contribution in [2.24, 2.45) is 5.92 Å². The molecule has 0 aromatic carbocycles. The Labute approximate surface area is 98.2 Å². The number of carbonyl (C=O) groups excluding carboxylic acids is 1. The molecule has 0 aromatic rings. The quantitative estimate of drug-likeness (QED) is 0.551. The van der Waals surface area contributed by atoms with E-state index in [2.05, 4.69) is 0 Å². The van der Waals surface area contributed by atoms with Crippen LogP contribution in [0, 0.1) is 5.92 Å². The van der Waals surface area contributed by atoms with Gasteiger partial charge in [0, 0.05) is 19.0 Å². The van der Waals surface area contributed by atoms with Gasteiger partial charge >= 0.3 is 12.0 Å². The van der Waals surface area contributed by atoms with E-state index in [4.69, 9.17) is 5.11 Å². The number of carboxylic acid groups (broad SMARTS) is 1. The summed E-state index contributed by atoms with van der Waals surface area (Å²) in [4.78, 5) is 25.2. The lowest BCUT2D eigenvalue weighted by Crippen LogP contribution is -2.55. The average Bonchev–Trinajstić information content (AvgIpc) is 2.51. The van der Waals surface area contributed by atoms with Crippen molar-refractivity contribution in [1.82, 2.24) is 9.80 Å². The highest BCUT2D eigenvalue weighted by Gasteiger charge is 2.39. The second-order valence-corrected chi connectivity index (χ2v) is 4.69. The third-order valence-electron chi connectivity index (χ3n) is 3.22. The Morgan fingerprint density at radius 2 is 1.47 bits per heavy atom. The number of carbonyl (C=O) groups is 2. The second kappa shape index (κ2) is 4.50. The SMILES string of the molecule is O=C(O)CC1CN(C(=O)N2CC(O)C(O)C2)C1. The fraction of sp³-hybridized carbons (Fsp3) is 0.800. The zero-order valence-electron chi connectivity index (χ0n) is 9.32. The summed E-state index contributed by atoms with van der Waals surface area (Å²) in [5.74, 6) is -0.831. The smallest absolute Gasteiger partial charge is 0.320 e. The van der Waals surface area contributed by atoms with Gasteiger partial charge in [0.25, 0.3) is 0 Å². The Morgan fingerprint density at radius 3 is 1.94 bits per heavy atom.